The van der Waals surface area contributed by atoms with E-state index >= 15 is 0 Å². The minimum absolute atomic E-state index is 0.330. The number of nitrogens with one attached hydrogen (secondary N) is 1. The Morgan fingerprint density at radius 3 is 2.72 bits per heavy atom. The van der Waals surface area contributed by atoms with Gasteiger partial charge in [0.25, 0.3) is 0 Å². The van der Waals surface area contributed by atoms with Crippen LogP contribution in [0.15, 0.2) is 18.2 Å². The van der Waals surface area contributed by atoms with Crippen LogP contribution in [0.1, 0.15) is 43.2 Å². The van der Waals surface area contributed by atoms with Crippen molar-refractivity contribution in [3.05, 3.63) is 35.1 Å². The average molecular weight is 246 g/mol. The Morgan fingerprint density at radius 2 is 2.00 bits per heavy atom. The van der Waals surface area contributed by atoms with Gasteiger partial charge in [0.1, 0.15) is 5.82 Å². The Labute approximate surface area is 108 Å². The molecule has 0 spiro atoms. The molecule has 96 valence electrons. The molecule has 1 aliphatic carbocycles. The van der Waals surface area contributed by atoms with Crippen molar-refractivity contribution in [2.24, 2.45) is 5.92 Å². The van der Waals surface area contributed by atoms with E-state index < -0.39 is 0 Å². The van der Waals surface area contributed by atoms with Crippen molar-refractivity contribution < 1.29 is 4.39 Å². The second-order valence-electron chi connectivity index (χ2n) is 5.09. The molecule has 1 aromatic rings. The van der Waals surface area contributed by atoms with Gasteiger partial charge in [0, 0.05) is 6.54 Å². The maximum Gasteiger partial charge on any atom is 0.124 e. The van der Waals surface area contributed by atoms with E-state index in [0.29, 0.717) is 12.1 Å². The highest BCUT2D eigenvalue weighted by Gasteiger charge is 2.12. The highest BCUT2D eigenvalue weighted by Crippen LogP contribution is 2.22. The normalized spacial score (nSPS) is 16.4. The van der Waals surface area contributed by atoms with Gasteiger partial charge in [-0.25, -0.2) is 4.39 Å². The number of benzene rings is 1. The molecule has 2 rings (SSSR count). The second-order valence-corrected chi connectivity index (χ2v) is 5.09. The number of rotatable bonds is 4. The van der Waals surface area contributed by atoms with Gasteiger partial charge in [0.2, 0.25) is 0 Å². The smallest absolute Gasteiger partial charge is 0.124 e. The van der Waals surface area contributed by atoms with Crippen molar-refractivity contribution in [3.8, 4) is 6.07 Å². The van der Waals surface area contributed by atoms with E-state index in [4.69, 9.17) is 5.26 Å². The summed E-state index contributed by atoms with van der Waals surface area (Å²) in [4.78, 5) is 0. The van der Waals surface area contributed by atoms with Crippen molar-refractivity contribution in [1.29, 1.82) is 5.26 Å². The van der Waals surface area contributed by atoms with Crippen LogP contribution in [0, 0.1) is 23.1 Å². The Bertz CT molecular complexity index is 431. The molecule has 0 saturated heterocycles. The Kier molecular flexibility index (Phi) is 4.72. The van der Waals surface area contributed by atoms with Crippen LogP contribution in [-0.4, -0.2) is 6.54 Å². The van der Waals surface area contributed by atoms with Gasteiger partial charge in [0.15, 0.2) is 0 Å². The SMILES string of the molecule is N#Cc1cc(F)cc(CNCC2CCCCC2)c1. The number of halogens is 1. The van der Waals surface area contributed by atoms with Crippen LogP contribution in [0.4, 0.5) is 4.39 Å². The first-order valence-corrected chi connectivity index (χ1v) is 6.68. The van der Waals surface area contributed by atoms with E-state index in [1.807, 2.05) is 6.07 Å². The predicted octanol–water partition coefficient (Wildman–Crippen LogP) is 3.37. The fourth-order valence-electron chi connectivity index (χ4n) is 2.63. The highest BCUT2D eigenvalue weighted by atomic mass is 19.1. The van der Waals surface area contributed by atoms with E-state index in [2.05, 4.69) is 5.32 Å². The van der Waals surface area contributed by atoms with E-state index in [1.165, 1.54) is 44.2 Å². The monoisotopic (exact) mass is 246 g/mol. The van der Waals surface area contributed by atoms with Crippen LogP contribution in [0.5, 0.6) is 0 Å². The van der Waals surface area contributed by atoms with E-state index in [-0.39, 0.29) is 5.82 Å². The summed E-state index contributed by atoms with van der Waals surface area (Å²) in [7, 11) is 0. The van der Waals surface area contributed by atoms with E-state index in [1.54, 1.807) is 6.07 Å². The van der Waals surface area contributed by atoms with Gasteiger partial charge in [-0.3, -0.25) is 0 Å². The minimum atomic E-state index is -0.330. The van der Waals surface area contributed by atoms with Crippen LogP contribution < -0.4 is 5.32 Å². The van der Waals surface area contributed by atoms with E-state index in [0.717, 1.165) is 18.0 Å². The zero-order valence-corrected chi connectivity index (χ0v) is 10.6. The standard InChI is InChI=1S/C15H19FN2/c16-15-7-13(9-17)6-14(8-15)11-18-10-12-4-2-1-3-5-12/h6-8,12,18H,1-5,10-11H2. The molecule has 3 heteroatoms. The molecule has 0 bridgehead atoms. The van der Waals surface area contributed by atoms with Crippen molar-refractivity contribution >= 4 is 0 Å². The lowest BCUT2D eigenvalue weighted by Gasteiger charge is -2.21. The van der Waals surface area contributed by atoms with Gasteiger partial charge in [-0.1, -0.05) is 19.3 Å². The Morgan fingerprint density at radius 1 is 1.22 bits per heavy atom. The summed E-state index contributed by atoms with van der Waals surface area (Å²) < 4.78 is 13.2. The highest BCUT2D eigenvalue weighted by molar-refractivity contribution is 5.33. The number of nitrogens with zero attached hydrogens (tertiary/aromatic N) is 1. The third kappa shape index (κ3) is 3.82. The van der Waals surface area contributed by atoms with Gasteiger partial charge in [-0.05, 0) is 49.1 Å². The molecule has 0 radical (unpaired) electrons. The third-order valence-electron chi connectivity index (χ3n) is 3.57. The van der Waals surface area contributed by atoms with Gasteiger partial charge < -0.3 is 5.32 Å². The number of nitriles is 1. The summed E-state index contributed by atoms with van der Waals surface area (Å²) in [5.74, 6) is 0.436. The molecule has 0 amide bonds. The van der Waals surface area contributed by atoms with Crippen molar-refractivity contribution in [3.63, 3.8) is 0 Å². The van der Waals surface area contributed by atoms with Gasteiger partial charge in [-0.2, -0.15) is 5.26 Å². The summed E-state index contributed by atoms with van der Waals surface area (Å²) in [6, 6.07) is 6.49. The minimum Gasteiger partial charge on any atom is -0.312 e. The molecular formula is C15H19FN2. The molecule has 1 aromatic carbocycles. The fourth-order valence-corrected chi connectivity index (χ4v) is 2.63. The number of hydrogen-bond donors (Lipinski definition) is 1. The van der Waals surface area contributed by atoms with Crippen LogP contribution >= 0.6 is 0 Å². The Balaban J connectivity index is 1.82. The van der Waals surface area contributed by atoms with Crippen LogP contribution in [0.25, 0.3) is 0 Å². The summed E-state index contributed by atoms with van der Waals surface area (Å²) >= 11 is 0. The lowest BCUT2D eigenvalue weighted by atomic mass is 9.89. The number of hydrogen-bond acceptors (Lipinski definition) is 2. The molecule has 1 aliphatic rings. The van der Waals surface area contributed by atoms with Crippen molar-refractivity contribution in [2.45, 2.75) is 38.6 Å². The van der Waals surface area contributed by atoms with Crippen LogP contribution in [0.3, 0.4) is 0 Å². The first kappa shape index (κ1) is 13.0. The zero-order valence-electron chi connectivity index (χ0n) is 10.6. The molecule has 0 aromatic heterocycles. The Hall–Kier alpha value is -1.40. The summed E-state index contributed by atoms with van der Waals surface area (Å²) in [5.41, 5.74) is 1.24. The third-order valence-corrected chi connectivity index (χ3v) is 3.57. The maximum atomic E-state index is 13.2. The van der Waals surface area contributed by atoms with Crippen LogP contribution in [0.2, 0.25) is 0 Å². The largest absolute Gasteiger partial charge is 0.312 e. The van der Waals surface area contributed by atoms with Gasteiger partial charge in [0.05, 0.1) is 11.6 Å². The zero-order chi connectivity index (χ0) is 12.8. The topological polar surface area (TPSA) is 35.8 Å². The quantitative estimate of drug-likeness (QED) is 0.884. The molecule has 0 aliphatic heterocycles. The first-order chi connectivity index (χ1) is 8.78. The first-order valence-electron chi connectivity index (χ1n) is 6.68. The lowest BCUT2D eigenvalue weighted by molar-refractivity contribution is 0.342. The van der Waals surface area contributed by atoms with Gasteiger partial charge in [-0.15, -0.1) is 0 Å². The second kappa shape index (κ2) is 6.51. The summed E-state index contributed by atoms with van der Waals surface area (Å²) in [5, 5.41) is 12.2. The molecule has 0 atom stereocenters. The molecule has 1 fully saturated rings. The summed E-state index contributed by atoms with van der Waals surface area (Å²) in [6.45, 7) is 1.64. The van der Waals surface area contributed by atoms with Crippen molar-refractivity contribution in [1.82, 2.24) is 5.32 Å². The molecule has 0 unspecified atom stereocenters. The molecule has 1 saturated carbocycles. The maximum absolute atomic E-state index is 13.2. The molecule has 1 N–H and O–H groups in total. The lowest BCUT2D eigenvalue weighted by Crippen LogP contribution is -2.24. The molecule has 2 nitrogen and oxygen atoms in total. The van der Waals surface area contributed by atoms with Gasteiger partial charge >= 0.3 is 0 Å². The molecule has 0 heterocycles. The van der Waals surface area contributed by atoms with E-state index in [9.17, 15) is 4.39 Å². The van der Waals surface area contributed by atoms with Crippen molar-refractivity contribution in [2.75, 3.05) is 6.54 Å². The average Bonchev–Trinajstić information content (AvgIpc) is 2.39. The predicted molar refractivity (Wildman–Crippen MR) is 69.4 cm³/mol. The summed E-state index contributed by atoms with van der Waals surface area (Å²) in [6.07, 6.45) is 6.65. The molecule has 18 heavy (non-hydrogen) atoms. The molecular weight excluding hydrogens is 227 g/mol. The fraction of sp³-hybridized carbons (Fsp3) is 0.533. The van der Waals surface area contributed by atoms with Crippen LogP contribution in [-0.2, 0) is 6.54 Å².